The fourth-order valence-electron chi connectivity index (χ4n) is 2.25. The summed E-state index contributed by atoms with van der Waals surface area (Å²) in [7, 11) is 0. The standard InChI is InChI=1S/C17H30N4O8S/c1-8(2)5-9(18)14(23)21-11(16(26)27)3-4-13(22)20-12(17(28)29)7-30-6-10(19)15(24)25/h8-12H,3-7,18-19H2,1-2H3,(H,20,22)(H,21,23)(H,24,25)(H,26,27)(H,28,29)/t9-,10-,11+,12+/m0/s1. The normalized spacial score (nSPS) is 15.0. The molecule has 0 aliphatic heterocycles. The van der Waals surface area contributed by atoms with Crippen molar-refractivity contribution in [2.45, 2.75) is 57.3 Å². The van der Waals surface area contributed by atoms with Crippen LogP contribution in [-0.4, -0.2) is 80.7 Å². The van der Waals surface area contributed by atoms with Crippen molar-refractivity contribution in [3.63, 3.8) is 0 Å². The third kappa shape index (κ3) is 11.6. The number of carboxylic acid groups (broad SMARTS) is 3. The van der Waals surface area contributed by atoms with Gasteiger partial charge in [-0.25, -0.2) is 9.59 Å². The van der Waals surface area contributed by atoms with Crippen LogP contribution in [0.25, 0.3) is 0 Å². The first-order chi connectivity index (χ1) is 13.8. The van der Waals surface area contributed by atoms with Crippen molar-refractivity contribution in [3.05, 3.63) is 0 Å². The van der Waals surface area contributed by atoms with Crippen molar-refractivity contribution < 1.29 is 39.3 Å². The van der Waals surface area contributed by atoms with Crippen LogP contribution in [0.1, 0.15) is 33.1 Å². The van der Waals surface area contributed by atoms with Gasteiger partial charge in [0.2, 0.25) is 11.8 Å². The Labute approximate surface area is 178 Å². The molecule has 172 valence electrons. The molecule has 0 aliphatic rings. The van der Waals surface area contributed by atoms with E-state index in [1.54, 1.807) is 0 Å². The van der Waals surface area contributed by atoms with Gasteiger partial charge in [-0.2, -0.15) is 11.8 Å². The third-order valence-corrected chi connectivity index (χ3v) is 5.03. The van der Waals surface area contributed by atoms with Gasteiger partial charge < -0.3 is 37.4 Å². The minimum absolute atomic E-state index is 0.0429. The van der Waals surface area contributed by atoms with Crippen LogP contribution in [0.15, 0.2) is 0 Å². The summed E-state index contributed by atoms with van der Waals surface area (Å²) in [6.07, 6.45) is -0.243. The number of hydrogen-bond acceptors (Lipinski definition) is 8. The average molecular weight is 451 g/mol. The van der Waals surface area contributed by atoms with Crippen LogP contribution in [0.3, 0.4) is 0 Å². The van der Waals surface area contributed by atoms with Crippen molar-refractivity contribution in [2.75, 3.05) is 11.5 Å². The molecule has 0 aliphatic carbocycles. The maximum atomic E-state index is 12.0. The van der Waals surface area contributed by atoms with Crippen LogP contribution in [-0.2, 0) is 24.0 Å². The summed E-state index contributed by atoms with van der Waals surface area (Å²) in [5.41, 5.74) is 11.0. The van der Waals surface area contributed by atoms with Gasteiger partial charge in [0, 0.05) is 17.9 Å². The summed E-state index contributed by atoms with van der Waals surface area (Å²) in [5.74, 6) is -5.31. The van der Waals surface area contributed by atoms with Gasteiger partial charge in [0.1, 0.15) is 18.1 Å². The molecule has 0 aromatic carbocycles. The Morgan fingerprint density at radius 2 is 1.40 bits per heavy atom. The molecule has 30 heavy (non-hydrogen) atoms. The number of aliphatic carboxylic acids is 3. The highest BCUT2D eigenvalue weighted by atomic mass is 32.2. The zero-order chi connectivity index (χ0) is 23.4. The quantitative estimate of drug-likeness (QED) is 0.151. The molecule has 0 saturated carbocycles. The molecule has 0 fully saturated rings. The number of nitrogens with one attached hydrogen (secondary N) is 2. The number of carbonyl (C=O) groups is 5. The van der Waals surface area contributed by atoms with Crippen LogP contribution >= 0.6 is 11.8 Å². The van der Waals surface area contributed by atoms with Gasteiger partial charge >= 0.3 is 17.9 Å². The van der Waals surface area contributed by atoms with E-state index in [1.807, 2.05) is 13.8 Å². The van der Waals surface area contributed by atoms with E-state index < -0.39 is 53.9 Å². The predicted molar refractivity (Wildman–Crippen MR) is 109 cm³/mol. The van der Waals surface area contributed by atoms with Crippen LogP contribution in [0.5, 0.6) is 0 Å². The van der Waals surface area contributed by atoms with Gasteiger partial charge in [-0.3, -0.25) is 14.4 Å². The van der Waals surface area contributed by atoms with Crippen molar-refractivity contribution in [3.8, 4) is 0 Å². The Morgan fingerprint density at radius 1 is 0.833 bits per heavy atom. The molecule has 13 heteroatoms. The van der Waals surface area contributed by atoms with Gasteiger partial charge in [-0.15, -0.1) is 0 Å². The lowest BCUT2D eigenvalue weighted by atomic mass is 10.0. The van der Waals surface area contributed by atoms with E-state index in [1.165, 1.54) is 0 Å². The molecule has 0 heterocycles. The molecule has 0 rings (SSSR count). The second kappa shape index (κ2) is 13.8. The Balaban J connectivity index is 4.64. The Bertz CT molecular complexity index is 631. The number of thioether (sulfide) groups is 1. The topological polar surface area (TPSA) is 222 Å². The zero-order valence-corrected chi connectivity index (χ0v) is 17.7. The number of carboxylic acids is 3. The molecule has 0 saturated heterocycles. The van der Waals surface area contributed by atoms with Gasteiger partial charge in [0.25, 0.3) is 0 Å². The molecule has 12 nitrogen and oxygen atoms in total. The van der Waals surface area contributed by atoms with E-state index in [-0.39, 0.29) is 30.3 Å². The number of nitrogens with two attached hydrogens (primary N) is 2. The van der Waals surface area contributed by atoms with E-state index in [0.29, 0.717) is 6.42 Å². The summed E-state index contributed by atoms with van der Waals surface area (Å²) in [6.45, 7) is 3.72. The van der Waals surface area contributed by atoms with Crippen LogP contribution in [0.2, 0.25) is 0 Å². The first-order valence-corrected chi connectivity index (χ1v) is 10.4. The molecule has 4 atom stereocenters. The summed E-state index contributed by atoms with van der Waals surface area (Å²) < 4.78 is 0. The van der Waals surface area contributed by atoms with Crippen LogP contribution < -0.4 is 22.1 Å². The second-order valence-corrected chi connectivity index (χ2v) is 8.19. The van der Waals surface area contributed by atoms with E-state index in [9.17, 15) is 34.2 Å². The molecule has 2 amide bonds. The highest BCUT2D eigenvalue weighted by molar-refractivity contribution is 7.99. The van der Waals surface area contributed by atoms with E-state index in [4.69, 9.17) is 16.6 Å². The first kappa shape index (κ1) is 27.6. The van der Waals surface area contributed by atoms with Gasteiger partial charge in [0.15, 0.2) is 0 Å². The molecule has 0 spiro atoms. The van der Waals surface area contributed by atoms with Crippen molar-refractivity contribution in [1.82, 2.24) is 10.6 Å². The zero-order valence-electron chi connectivity index (χ0n) is 16.9. The maximum absolute atomic E-state index is 12.0. The van der Waals surface area contributed by atoms with Gasteiger partial charge in [-0.05, 0) is 18.8 Å². The fourth-order valence-corrected chi connectivity index (χ4v) is 3.25. The van der Waals surface area contributed by atoms with Crippen molar-refractivity contribution in [1.29, 1.82) is 0 Å². The Kier molecular flexibility index (Phi) is 12.7. The summed E-state index contributed by atoms with van der Waals surface area (Å²) >= 11 is 0.947. The van der Waals surface area contributed by atoms with E-state index in [2.05, 4.69) is 10.6 Å². The van der Waals surface area contributed by atoms with E-state index >= 15 is 0 Å². The van der Waals surface area contributed by atoms with E-state index in [0.717, 1.165) is 11.8 Å². The van der Waals surface area contributed by atoms with Gasteiger partial charge in [-0.1, -0.05) is 13.8 Å². The number of carbonyl (C=O) groups excluding carboxylic acids is 2. The van der Waals surface area contributed by atoms with Crippen molar-refractivity contribution >= 4 is 41.5 Å². The fraction of sp³-hybridized carbons (Fsp3) is 0.706. The molecule has 0 aromatic heterocycles. The first-order valence-electron chi connectivity index (χ1n) is 9.22. The highest BCUT2D eigenvalue weighted by Crippen LogP contribution is 2.07. The lowest BCUT2D eigenvalue weighted by Gasteiger charge is -2.19. The molecule has 0 unspecified atom stereocenters. The van der Waals surface area contributed by atoms with Gasteiger partial charge in [0.05, 0.1) is 6.04 Å². The molecule has 0 aromatic rings. The monoisotopic (exact) mass is 450 g/mol. The average Bonchev–Trinajstić information content (AvgIpc) is 2.62. The summed E-state index contributed by atoms with van der Waals surface area (Å²) in [6, 6.07) is -4.71. The molecular weight excluding hydrogens is 420 g/mol. The summed E-state index contributed by atoms with van der Waals surface area (Å²) in [5, 5.41) is 31.6. The smallest absolute Gasteiger partial charge is 0.327 e. The number of rotatable bonds is 15. The minimum Gasteiger partial charge on any atom is -0.480 e. The molecular formula is C17H30N4O8S. The lowest BCUT2D eigenvalue weighted by molar-refractivity contribution is -0.143. The molecule has 9 N–H and O–H groups in total. The van der Waals surface area contributed by atoms with Crippen molar-refractivity contribution in [2.24, 2.45) is 17.4 Å². The largest absolute Gasteiger partial charge is 0.480 e. The predicted octanol–water partition coefficient (Wildman–Crippen LogP) is -1.58. The number of hydrogen-bond donors (Lipinski definition) is 7. The Hall–Kier alpha value is -2.38. The minimum atomic E-state index is -1.35. The number of amides is 2. The summed E-state index contributed by atoms with van der Waals surface area (Å²) in [4.78, 5) is 57.3. The molecule has 0 radical (unpaired) electrons. The van der Waals surface area contributed by atoms with Crippen LogP contribution in [0.4, 0.5) is 0 Å². The second-order valence-electron chi connectivity index (χ2n) is 7.11. The molecule has 0 bridgehead atoms. The maximum Gasteiger partial charge on any atom is 0.327 e. The SMILES string of the molecule is CC(C)C[C@H](N)C(=O)N[C@H](CCC(=O)N[C@H](CSC[C@H](N)C(=O)O)C(=O)O)C(=O)O. The Morgan fingerprint density at radius 3 is 1.87 bits per heavy atom. The highest BCUT2D eigenvalue weighted by Gasteiger charge is 2.26. The lowest BCUT2D eigenvalue weighted by Crippen LogP contribution is -2.49. The third-order valence-electron chi connectivity index (χ3n) is 3.87. The van der Waals surface area contributed by atoms with Crippen LogP contribution in [0, 0.1) is 5.92 Å².